The molecule has 0 bridgehead atoms. The Morgan fingerprint density at radius 1 is 1.59 bits per heavy atom. The number of hydrogen-bond acceptors (Lipinski definition) is 3. The van der Waals surface area contributed by atoms with Crippen LogP contribution in [-0.2, 0) is 22.4 Å². The quantitative estimate of drug-likeness (QED) is 0.538. The van der Waals surface area contributed by atoms with Gasteiger partial charge in [-0.15, -0.1) is 0 Å². The second kappa shape index (κ2) is 3.92. The van der Waals surface area contributed by atoms with E-state index in [2.05, 4.69) is 10.9 Å². The van der Waals surface area contributed by atoms with Crippen LogP contribution in [0.2, 0.25) is 0 Å². The molecule has 0 radical (unpaired) electrons. The van der Waals surface area contributed by atoms with Gasteiger partial charge in [-0.2, -0.15) is 5.26 Å². The molecule has 0 saturated carbocycles. The lowest BCUT2D eigenvalue weighted by molar-refractivity contribution is -0.145. The number of nitriles is 1. The Labute approximate surface area is 99.3 Å². The average Bonchev–Trinajstić information content (AvgIpc) is 2.77. The number of hydrogen-bond donors (Lipinski definition) is 0. The fourth-order valence-electron chi connectivity index (χ4n) is 2.24. The van der Waals surface area contributed by atoms with Gasteiger partial charge in [0.25, 0.3) is 0 Å². The molecule has 1 aliphatic carbocycles. The molecule has 0 aromatic heterocycles. The highest BCUT2D eigenvalue weighted by Crippen LogP contribution is 2.35. The lowest BCUT2D eigenvalue weighted by Crippen LogP contribution is -2.37. The van der Waals surface area contributed by atoms with E-state index in [-0.39, 0.29) is 6.42 Å². The van der Waals surface area contributed by atoms with Gasteiger partial charge in [0.2, 0.25) is 0 Å². The topological polar surface area (TPSA) is 54.5 Å². The van der Waals surface area contributed by atoms with Crippen molar-refractivity contribution in [2.45, 2.75) is 18.4 Å². The van der Waals surface area contributed by atoms with Crippen molar-refractivity contribution in [3.05, 3.63) is 46.3 Å². The van der Waals surface area contributed by atoms with E-state index in [1.807, 2.05) is 6.07 Å². The molecule has 0 saturated heterocycles. The van der Waals surface area contributed by atoms with Crippen molar-refractivity contribution in [3.63, 3.8) is 0 Å². The van der Waals surface area contributed by atoms with Gasteiger partial charge >= 0.3 is 11.5 Å². The van der Waals surface area contributed by atoms with Crippen LogP contribution in [0.15, 0.2) is 18.2 Å². The van der Waals surface area contributed by atoms with E-state index in [1.54, 1.807) is 12.1 Å². The van der Waals surface area contributed by atoms with Gasteiger partial charge in [-0.1, -0.05) is 12.1 Å². The summed E-state index contributed by atoms with van der Waals surface area (Å²) in [6.07, 6.45) is 0.594. The zero-order valence-corrected chi connectivity index (χ0v) is 9.36. The van der Waals surface area contributed by atoms with E-state index in [4.69, 9.17) is 16.6 Å². The molecule has 0 amide bonds. The van der Waals surface area contributed by atoms with Crippen molar-refractivity contribution in [1.29, 1.82) is 5.26 Å². The van der Waals surface area contributed by atoms with Crippen LogP contribution in [0.3, 0.4) is 0 Å². The molecule has 1 aromatic rings. The van der Waals surface area contributed by atoms with Crippen LogP contribution in [0.4, 0.5) is 0 Å². The summed E-state index contributed by atoms with van der Waals surface area (Å²) in [5, 5.41) is 9.00. The molecular weight excluding hydrogens is 216 g/mol. The van der Waals surface area contributed by atoms with Crippen molar-refractivity contribution in [1.82, 2.24) is 0 Å². The minimum atomic E-state index is -1.18. The minimum Gasteiger partial charge on any atom is -0.463 e. The molecule has 17 heavy (non-hydrogen) atoms. The third-order valence-electron chi connectivity index (χ3n) is 3.12. The first-order valence-corrected chi connectivity index (χ1v) is 5.15. The molecule has 0 heterocycles. The minimum absolute atomic E-state index is 0.266. The molecule has 2 rings (SSSR count). The van der Waals surface area contributed by atoms with Gasteiger partial charge in [0.1, 0.15) is 0 Å². The van der Waals surface area contributed by atoms with Crippen molar-refractivity contribution in [2.75, 3.05) is 7.11 Å². The third-order valence-corrected chi connectivity index (χ3v) is 3.12. The fourth-order valence-corrected chi connectivity index (χ4v) is 2.24. The normalized spacial score (nSPS) is 21.1. The van der Waals surface area contributed by atoms with Gasteiger partial charge < -0.3 is 4.74 Å². The Hall–Kier alpha value is -2.33. The Bertz CT molecular complexity index is 566. The van der Waals surface area contributed by atoms with Gasteiger partial charge in [-0.05, 0) is 17.2 Å². The van der Waals surface area contributed by atoms with Crippen molar-refractivity contribution >= 4 is 5.97 Å². The standard InChI is InChI=1S/C13H10N2O2/c1-15-13(12(16)17-2)6-9-4-3-5-10(8-14)11(9)7-13/h3-5H,6-7H2,2H3. The SMILES string of the molecule is [C-]#[N+]C1(C(=O)OC)Cc2cccc(C#N)c2C1. The van der Waals surface area contributed by atoms with E-state index in [1.165, 1.54) is 7.11 Å². The largest absolute Gasteiger partial charge is 0.463 e. The molecule has 0 aliphatic heterocycles. The highest BCUT2D eigenvalue weighted by molar-refractivity contribution is 5.85. The van der Waals surface area contributed by atoms with Crippen LogP contribution in [0.5, 0.6) is 0 Å². The predicted octanol–water partition coefficient (Wildman–Crippen LogP) is 1.49. The summed E-state index contributed by atoms with van der Waals surface area (Å²) in [5.74, 6) is -0.521. The summed E-state index contributed by atoms with van der Waals surface area (Å²) in [5.41, 5.74) is 1.06. The van der Waals surface area contributed by atoms with Crippen LogP contribution in [0, 0.1) is 17.9 Å². The summed E-state index contributed by atoms with van der Waals surface area (Å²) in [4.78, 5) is 15.2. The first-order chi connectivity index (χ1) is 8.16. The Morgan fingerprint density at radius 3 is 2.94 bits per heavy atom. The highest BCUT2D eigenvalue weighted by Gasteiger charge is 2.52. The number of methoxy groups -OCH3 is 1. The van der Waals surface area contributed by atoms with Gasteiger partial charge in [-0.3, -0.25) is 4.85 Å². The molecule has 1 unspecified atom stereocenters. The zero-order valence-electron chi connectivity index (χ0n) is 9.36. The monoisotopic (exact) mass is 226 g/mol. The number of rotatable bonds is 1. The Kier molecular flexibility index (Phi) is 2.57. The molecular formula is C13H10N2O2. The second-order valence-electron chi connectivity index (χ2n) is 4.04. The molecule has 0 fully saturated rings. The summed E-state index contributed by atoms with van der Waals surface area (Å²) in [6.45, 7) is 7.23. The third kappa shape index (κ3) is 1.55. The van der Waals surface area contributed by atoms with Crippen LogP contribution in [0.1, 0.15) is 16.7 Å². The molecule has 1 aromatic carbocycles. The number of fused-ring (bicyclic) bond motifs is 1. The summed E-state index contributed by atoms with van der Waals surface area (Å²) in [6, 6.07) is 7.42. The number of esters is 1. The number of carbonyl (C=O) groups is 1. The maximum atomic E-state index is 11.7. The van der Waals surface area contributed by atoms with E-state index in [0.717, 1.165) is 11.1 Å². The van der Waals surface area contributed by atoms with Crippen LogP contribution < -0.4 is 0 Å². The van der Waals surface area contributed by atoms with E-state index >= 15 is 0 Å². The highest BCUT2D eigenvalue weighted by atomic mass is 16.5. The van der Waals surface area contributed by atoms with E-state index < -0.39 is 11.5 Å². The average molecular weight is 226 g/mol. The Morgan fingerprint density at radius 2 is 2.35 bits per heavy atom. The molecule has 4 heteroatoms. The van der Waals surface area contributed by atoms with Gasteiger partial charge in [0, 0.05) is 0 Å². The predicted molar refractivity (Wildman–Crippen MR) is 59.9 cm³/mol. The smallest absolute Gasteiger partial charge is 0.393 e. The van der Waals surface area contributed by atoms with Crippen molar-refractivity contribution in [2.24, 2.45) is 0 Å². The lowest BCUT2D eigenvalue weighted by Gasteiger charge is -2.11. The number of nitrogens with zero attached hydrogens (tertiary/aromatic N) is 2. The van der Waals surface area contributed by atoms with Crippen molar-refractivity contribution < 1.29 is 9.53 Å². The first kappa shape index (κ1) is 11.2. The van der Waals surface area contributed by atoms with Crippen molar-refractivity contribution in [3.8, 4) is 6.07 Å². The molecule has 0 N–H and O–H groups in total. The summed E-state index contributed by atoms with van der Waals surface area (Å²) >= 11 is 0. The molecule has 0 spiro atoms. The van der Waals surface area contributed by atoms with Gasteiger partial charge in [0.15, 0.2) is 0 Å². The number of benzene rings is 1. The summed E-state index contributed by atoms with van der Waals surface area (Å²) in [7, 11) is 1.28. The van der Waals surface area contributed by atoms with Gasteiger partial charge in [0.05, 0.1) is 31.6 Å². The zero-order chi connectivity index (χ0) is 12.5. The maximum Gasteiger partial charge on any atom is 0.393 e. The van der Waals surface area contributed by atoms with E-state index in [9.17, 15) is 4.79 Å². The Balaban J connectivity index is 2.49. The number of carbonyl (C=O) groups excluding carboxylic acids is 1. The van der Waals surface area contributed by atoms with Gasteiger partial charge in [-0.25, -0.2) is 11.4 Å². The molecule has 4 nitrogen and oxygen atoms in total. The molecule has 84 valence electrons. The van der Waals surface area contributed by atoms with E-state index in [0.29, 0.717) is 12.0 Å². The van der Waals surface area contributed by atoms with Crippen LogP contribution >= 0.6 is 0 Å². The van der Waals surface area contributed by atoms with Crippen LogP contribution in [-0.4, -0.2) is 18.6 Å². The summed E-state index contributed by atoms with van der Waals surface area (Å²) < 4.78 is 4.70. The fraction of sp³-hybridized carbons (Fsp3) is 0.308. The number of ether oxygens (including phenoxy) is 1. The lowest BCUT2D eigenvalue weighted by atomic mass is 9.96. The maximum absolute atomic E-state index is 11.7. The first-order valence-electron chi connectivity index (χ1n) is 5.15. The van der Waals surface area contributed by atoms with Crippen LogP contribution in [0.25, 0.3) is 4.85 Å². The molecule has 1 atom stereocenters. The second-order valence-corrected chi connectivity index (χ2v) is 4.04. The molecule has 1 aliphatic rings.